The SMILES string of the molecule is CN(C)CC(=O)NCC(C)(C)O. The number of hydrogen-bond donors (Lipinski definition) is 2. The third kappa shape index (κ3) is 7.50. The first-order valence-electron chi connectivity index (χ1n) is 3.95. The van der Waals surface area contributed by atoms with E-state index in [1.54, 1.807) is 18.7 Å². The highest BCUT2D eigenvalue weighted by atomic mass is 16.3. The maximum absolute atomic E-state index is 11.0. The van der Waals surface area contributed by atoms with Crippen molar-refractivity contribution in [1.82, 2.24) is 10.2 Å². The van der Waals surface area contributed by atoms with Gasteiger partial charge in [-0.2, -0.15) is 0 Å². The number of carbonyl (C=O) groups excluding carboxylic acids is 1. The number of nitrogens with zero attached hydrogens (tertiary/aromatic N) is 1. The third-order valence-corrected chi connectivity index (χ3v) is 1.18. The molecule has 0 radical (unpaired) electrons. The molecule has 0 unspecified atom stereocenters. The fourth-order valence-corrected chi connectivity index (χ4v) is 0.658. The van der Waals surface area contributed by atoms with E-state index in [0.717, 1.165) is 0 Å². The predicted molar refractivity (Wildman–Crippen MR) is 47.9 cm³/mol. The molecule has 0 aromatic rings. The van der Waals surface area contributed by atoms with Gasteiger partial charge in [-0.15, -0.1) is 0 Å². The van der Waals surface area contributed by atoms with Crippen LogP contribution in [0, 0.1) is 0 Å². The molecule has 4 heteroatoms. The zero-order valence-corrected chi connectivity index (χ0v) is 8.22. The molecule has 0 rings (SSSR count). The van der Waals surface area contributed by atoms with Crippen molar-refractivity contribution >= 4 is 5.91 Å². The topological polar surface area (TPSA) is 52.6 Å². The Labute approximate surface area is 73.6 Å². The lowest BCUT2D eigenvalue weighted by Gasteiger charge is -2.18. The van der Waals surface area contributed by atoms with Gasteiger partial charge < -0.3 is 15.3 Å². The quantitative estimate of drug-likeness (QED) is 0.600. The highest BCUT2D eigenvalue weighted by Gasteiger charge is 2.13. The Morgan fingerprint density at radius 2 is 2.00 bits per heavy atom. The lowest BCUT2D eigenvalue weighted by Crippen LogP contribution is -2.41. The average Bonchev–Trinajstić information content (AvgIpc) is 1.80. The van der Waals surface area contributed by atoms with Crippen LogP contribution in [0.15, 0.2) is 0 Å². The minimum Gasteiger partial charge on any atom is -0.389 e. The first-order valence-corrected chi connectivity index (χ1v) is 3.95. The van der Waals surface area contributed by atoms with Crippen molar-refractivity contribution in [1.29, 1.82) is 0 Å². The van der Waals surface area contributed by atoms with E-state index in [1.807, 2.05) is 14.1 Å². The van der Waals surface area contributed by atoms with E-state index >= 15 is 0 Å². The highest BCUT2D eigenvalue weighted by Crippen LogP contribution is 1.96. The van der Waals surface area contributed by atoms with Crippen LogP contribution in [-0.4, -0.2) is 48.7 Å². The number of hydrogen-bond acceptors (Lipinski definition) is 3. The van der Waals surface area contributed by atoms with Crippen molar-refractivity contribution < 1.29 is 9.90 Å². The summed E-state index contributed by atoms with van der Waals surface area (Å²) in [7, 11) is 3.65. The largest absolute Gasteiger partial charge is 0.389 e. The van der Waals surface area contributed by atoms with Crippen LogP contribution in [0.5, 0.6) is 0 Å². The Kier molecular flexibility index (Phi) is 4.20. The van der Waals surface area contributed by atoms with Crippen molar-refractivity contribution in [3.8, 4) is 0 Å². The second-order valence-electron chi connectivity index (χ2n) is 3.83. The standard InChI is InChI=1S/C8H18N2O2/c1-8(2,12)6-9-7(11)5-10(3)4/h12H,5-6H2,1-4H3,(H,9,11). The van der Waals surface area contributed by atoms with Crippen LogP contribution in [0.4, 0.5) is 0 Å². The summed E-state index contributed by atoms with van der Waals surface area (Å²) in [5, 5.41) is 11.9. The van der Waals surface area contributed by atoms with Crippen LogP contribution in [0.1, 0.15) is 13.8 Å². The van der Waals surface area contributed by atoms with Gasteiger partial charge in [0.2, 0.25) is 5.91 Å². The minimum atomic E-state index is -0.831. The molecule has 0 aliphatic carbocycles. The molecular formula is C8H18N2O2. The summed E-state index contributed by atoms with van der Waals surface area (Å²) in [5.74, 6) is -0.0675. The van der Waals surface area contributed by atoms with Gasteiger partial charge in [0.15, 0.2) is 0 Å². The van der Waals surface area contributed by atoms with E-state index in [1.165, 1.54) is 0 Å². The molecule has 0 aromatic carbocycles. The third-order valence-electron chi connectivity index (χ3n) is 1.18. The molecule has 0 aromatic heterocycles. The van der Waals surface area contributed by atoms with Crippen molar-refractivity contribution in [2.75, 3.05) is 27.2 Å². The van der Waals surface area contributed by atoms with Crippen LogP contribution in [-0.2, 0) is 4.79 Å². The second-order valence-corrected chi connectivity index (χ2v) is 3.83. The molecule has 0 heterocycles. The van der Waals surface area contributed by atoms with E-state index in [0.29, 0.717) is 13.1 Å². The number of likely N-dealkylation sites (N-methyl/N-ethyl adjacent to an activating group) is 1. The Morgan fingerprint density at radius 3 is 2.33 bits per heavy atom. The number of carbonyl (C=O) groups is 1. The zero-order valence-electron chi connectivity index (χ0n) is 8.22. The molecule has 0 fully saturated rings. The molecule has 1 amide bonds. The van der Waals surface area contributed by atoms with Gasteiger partial charge in [0.1, 0.15) is 0 Å². The molecule has 12 heavy (non-hydrogen) atoms. The summed E-state index contributed by atoms with van der Waals surface area (Å²) in [5.41, 5.74) is -0.831. The number of amides is 1. The van der Waals surface area contributed by atoms with Crippen LogP contribution in [0.2, 0.25) is 0 Å². The van der Waals surface area contributed by atoms with Gasteiger partial charge in [-0.25, -0.2) is 0 Å². The molecule has 0 saturated carbocycles. The number of rotatable bonds is 4. The second kappa shape index (κ2) is 4.42. The fraction of sp³-hybridized carbons (Fsp3) is 0.875. The van der Waals surface area contributed by atoms with Crippen molar-refractivity contribution in [2.24, 2.45) is 0 Å². The highest BCUT2D eigenvalue weighted by molar-refractivity contribution is 5.77. The number of nitrogens with one attached hydrogen (secondary N) is 1. The zero-order chi connectivity index (χ0) is 9.78. The monoisotopic (exact) mass is 174 g/mol. The van der Waals surface area contributed by atoms with E-state index in [9.17, 15) is 9.90 Å². The summed E-state index contributed by atoms with van der Waals surface area (Å²) >= 11 is 0. The maximum Gasteiger partial charge on any atom is 0.234 e. The molecule has 0 saturated heterocycles. The van der Waals surface area contributed by atoms with Crippen molar-refractivity contribution in [2.45, 2.75) is 19.4 Å². The molecule has 0 aliphatic heterocycles. The van der Waals surface area contributed by atoms with Gasteiger partial charge in [0.05, 0.1) is 12.1 Å². The number of aliphatic hydroxyl groups is 1. The lowest BCUT2D eigenvalue weighted by molar-refractivity contribution is -0.122. The van der Waals surface area contributed by atoms with Gasteiger partial charge in [-0.3, -0.25) is 4.79 Å². The average molecular weight is 174 g/mol. The smallest absolute Gasteiger partial charge is 0.234 e. The Balaban J connectivity index is 3.58. The van der Waals surface area contributed by atoms with Crippen LogP contribution in [0.3, 0.4) is 0 Å². The van der Waals surface area contributed by atoms with Crippen LogP contribution < -0.4 is 5.32 Å². The van der Waals surface area contributed by atoms with Gasteiger partial charge in [0.25, 0.3) is 0 Å². The van der Waals surface area contributed by atoms with E-state index in [4.69, 9.17) is 0 Å². The predicted octanol–water partition coefficient (Wildman–Crippen LogP) is -0.565. The van der Waals surface area contributed by atoms with Crippen molar-refractivity contribution in [3.63, 3.8) is 0 Å². The fourth-order valence-electron chi connectivity index (χ4n) is 0.658. The van der Waals surface area contributed by atoms with Gasteiger partial charge >= 0.3 is 0 Å². The molecule has 0 bridgehead atoms. The summed E-state index contributed by atoms with van der Waals surface area (Å²) in [4.78, 5) is 12.8. The van der Waals surface area contributed by atoms with E-state index in [-0.39, 0.29) is 5.91 Å². The van der Waals surface area contributed by atoms with Gasteiger partial charge in [0, 0.05) is 6.54 Å². The summed E-state index contributed by atoms with van der Waals surface area (Å²) in [6.45, 7) is 3.96. The first kappa shape index (κ1) is 11.4. The molecule has 2 N–H and O–H groups in total. The Bertz CT molecular complexity index is 150. The van der Waals surface area contributed by atoms with Crippen molar-refractivity contribution in [3.05, 3.63) is 0 Å². The molecule has 4 nitrogen and oxygen atoms in total. The van der Waals surface area contributed by atoms with E-state index in [2.05, 4.69) is 5.32 Å². The molecular weight excluding hydrogens is 156 g/mol. The van der Waals surface area contributed by atoms with E-state index < -0.39 is 5.60 Å². The maximum atomic E-state index is 11.0. The minimum absolute atomic E-state index is 0.0675. The first-order chi connectivity index (χ1) is 5.31. The molecule has 0 spiro atoms. The van der Waals surface area contributed by atoms with Crippen LogP contribution >= 0.6 is 0 Å². The molecule has 72 valence electrons. The Morgan fingerprint density at radius 1 is 1.50 bits per heavy atom. The molecule has 0 aliphatic rings. The van der Waals surface area contributed by atoms with Crippen LogP contribution in [0.25, 0.3) is 0 Å². The normalized spacial score (nSPS) is 11.8. The summed E-state index contributed by atoms with van der Waals surface area (Å²) in [6.07, 6.45) is 0. The Hall–Kier alpha value is -0.610. The summed E-state index contributed by atoms with van der Waals surface area (Å²) in [6, 6.07) is 0. The molecule has 0 atom stereocenters. The lowest BCUT2D eigenvalue weighted by atomic mass is 10.1. The van der Waals surface area contributed by atoms with Gasteiger partial charge in [-0.05, 0) is 27.9 Å². The van der Waals surface area contributed by atoms with Gasteiger partial charge in [-0.1, -0.05) is 0 Å². The summed E-state index contributed by atoms with van der Waals surface area (Å²) < 4.78 is 0.